The highest BCUT2D eigenvalue weighted by Gasteiger charge is 2.14. The first kappa shape index (κ1) is 17.2. The van der Waals surface area contributed by atoms with E-state index < -0.39 is 0 Å². The lowest BCUT2D eigenvalue weighted by Gasteiger charge is -2.06. The first-order valence-electron chi connectivity index (χ1n) is 8.25. The zero-order valence-electron chi connectivity index (χ0n) is 14.8. The molecule has 0 atom stereocenters. The number of hydrogen-bond acceptors (Lipinski definition) is 7. The maximum absolute atomic E-state index is 11.2. The van der Waals surface area contributed by atoms with Crippen molar-refractivity contribution in [2.45, 2.75) is 6.42 Å². The summed E-state index contributed by atoms with van der Waals surface area (Å²) in [5.74, 6) is 1.23. The molecule has 1 aromatic carbocycles. The molecule has 0 fully saturated rings. The molecule has 3 aromatic heterocycles. The van der Waals surface area contributed by atoms with Gasteiger partial charge in [0.05, 0.1) is 11.8 Å². The van der Waals surface area contributed by atoms with Gasteiger partial charge in [0.25, 0.3) is 5.91 Å². The second-order valence-electron chi connectivity index (χ2n) is 5.90. The summed E-state index contributed by atoms with van der Waals surface area (Å²) in [4.78, 5) is 12.0. The first-order valence-corrected chi connectivity index (χ1v) is 9.06. The van der Waals surface area contributed by atoms with E-state index >= 15 is 0 Å². The molecule has 4 aromatic rings. The summed E-state index contributed by atoms with van der Waals surface area (Å²) in [5, 5.41) is 20.6. The van der Waals surface area contributed by atoms with Gasteiger partial charge >= 0.3 is 0 Å². The van der Waals surface area contributed by atoms with E-state index in [1.54, 1.807) is 22.4 Å². The number of benzene rings is 1. The van der Waals surface area contributed by atoms with Crippen LogP contribution in [0.1, 0.15) is 11.4 Å². The number of fused-ring (bicyclic) bond motifs is 1. The molecule has 1 amide bonds. The average molecular weight is 383 g/mol. The predicted molar refractivity (Wildman–Crippen MR) is 99.7 cm³/mol. The third-order valence-electron chi connectivity index (χ3n) is 3.94. The molecule has 0 unspecified atom stereocenters. The maximum atomic E-state index is 11.2. The van der Waals surface area contributed by atoms with Gasteiger partial charge in [-0.2, -0.15) is 14.7 Å². The third-order valence-corrected chi connectivity index (χ3v) is 4.89. The summed E-state index contributed by atoms with van der Waals surface area (Å²) >= 11 is 1.48. The fraction of sp³-hybridized carbons (Fsp3) is 0.235. The van der Waals surface area contributed by atoms with Gasteiger partial charge in [-0.05, 0) is 17.7 Å². The summed E-state index contributed by atoms with van der Waals surface area (Å²) in [6.07, 6.45) is 4.29. The normalized spacial score (nSPS) is 11.0. The van der Waals surface area contributed by atoms with Crippen LogP contribution in [0.4, 0.5) is 0 Å². The molecule has 4 rings (SSSR count). The second-order valence-corrected chi connectivity index (χ2v) is 6.86. The van der Waals surface area contributed by atoms with E-state index in [1.165, 1.54) is 11.3 Å². The number of carbonyl (C=O) groups is 1. The SMILES string of the molecule is CNC(=O)COc1ccc(Cc2nnc3sc(-c4cnn(C)c4)nn23)cc1. The Bertz CT molecular complexity index is 1080. The van der Waals surface area contributed by atoms with Gasteiger partial charge in [0, 0.05) is 26.7 Å². The van der Waals surface area contributed by atoms with Gasteiger partial charge in [-0.1, -0.05) is 23.5 Å². The van der Waals surface area contributed by atoms with Crippen molar-refractivity contribution in [2.75, 3.05) is 13.7 Å². The number of rotatable bonds is 6. The highest BCUT2D eigenvalue weighted by molar-refractivity contribution is 7.19. The van der Waals surface area contributed by atoms with Crippen molar-refractivity contribution in [3.8, 4) is 16.3 Å². The van der Waals surface area contributed by atoms with E-state index in [2.05, 4.69) is 25.7 Å². The molecule has 10 heteroatoms. The summed E-state index contributed by atoms with van der Waals surface area (Å²) < 4.78 is 8.92. The summed E-state index contributed by atoms with van der Waals surface area (Å²) in [7, 11) is 3.45. The van der Waals surface area contributed by atoms with Gasteiger partial charge in [0.2, 0.25) is 4.96 Å². The molecule has 0 bridgehead atoms. The molecule has 0 aliphatic heterocycles. The van der Waals surface area contributed by atoms with Crippen LogP contribution < -0.4 is 10.1 Å². The number of nitrogens with one attached hydrogen (secondary N) is 1. The number of ether oxygens (including phenoxy) is 1. The zero-order valence-corrected chi connectivity index (χ0v) is 15.6. The molecular weight excluding hydrogens is 366 g/mol. The molecular formula is C17H17N7O2S. The molecule has 0 saturated carbocycles. The average Bonchev–Trinajstić information content (AvgIpc) is 3.37. The lowest BCUT2D eigenvalue weighted by Crippen LogP contribution is -2.24. The molecule has 9 nitrogen and oxygen atoms in total. The number of carbonyl (C=O) groups excluding carboxylic acids is 1. The second kappa shape index (κ2) is 7.16. The smallest absolute Gasteiger partial charge is 0.257 e. The van der Waals surface area contributed by atoms with Crippen molar-refractivity contribution in [3.05, 3.63) is 48.0 Å². The Morgan fingerprint density at radius 1 is 1.26 bits per heavy atom. The van der Waals surface area contributed by atoms with E-state index in [0.717, 1.165) is 26.9 Å². The van der Waals surface area contributed by atoms with Crippen LogP contribution in [0.25, 0.3) is 15.5 Å². The minimum Gasteiger partial charge on any atom is -0.484 e. The fourth-order valence-corrected chi connectivity index (χ4v) is 3.36. The summed E-state index contributed by atoms with van der Waals surface area (Å²) in [6, 6.07) is 7.54. The van der Waals surface area contributed by atoms with Crippen molar-refractivity contribution in [1.82, 2.24) is 34.9 Å². The van der Waals surface area contributed by atoms with Gasteiger partial charge in [-0.15, -0.1) is 10.2 Å². The molecule has 0 spiro atoms. The van der Waals surface area contributed by atoms with Crippen molar-refractivity contribution < 1.29 is 9.53 Å². The lowest BCUT2D eigenvalue weighted by atomic mass is 10.1. The topological polar surface area (TPSA) is 99.2 Å². The quantitative estimate of drug-likeness (QED) is 0.539. The molecule has 0 aliphatic rings. The molecule has 0 aliphatic carbocycles. The molecule has 1 N–H and O–H groups in total. The van der Waals surface area contributed by atoms with Gasteiger partial charge in [0.15, 0.2) is 17.4 Å². The van der Waals surface area contributed by atoms with Crippen molar-refractivity contribution in [3.63, 3.8) is 0 Å². The van der Waals surface area contributed by atoms with Crippen LogP contribution in [-0.4, -0.2) is 49.2 Å². The van der Waals surface area contributed by atoms with Gasteiger partial charge in [-0.3, -0.25) is 9.48 Å². The Morgan fingerprint density at radius 3 is 2.78 bits per heavy atom. The number of aromatic nitrogens is 6. The van der Waals surface area contributed by atoms with E-state index in [-0.39, 0.29) is 12.5 Å². The number of amides is 1. The van der Waals surface area contributed by atoms with Crippen LogP contribution >= 0.6 is 11.3 Å². The number of likely N-dealkylation sites (N-methyl/N-ethyl adjacent to an activating group) is 1. The lowest BCUT2D eigenvalue weighted by molar-refractivity contribution is -0.122. The van der Waals surface area contributed by atoms with Crippen LogP contribution in [0.15, 0.2) is 36.7 Å². The molecule has 138 valence electrons. The molecule has 0 radical (unpaired) electrons. The molecule has 0 saturated heterocycles. The monoisotopic (exact) mass is 383 g/mol. The predicted octanol–water partition coefficient (Wildman–Crippen LogP) is 1.30. The maximum Gasteiger partial charge on any atom is 0.257 e. The van der Waals surface area contributed by atoms with E-state index in [9.17, 15) is 4.79 Å². The fourth-order valence-electron chi connectivity index (χ4n) is 2.52. The summed E-state index contributed by atoms with van der Waals surface area (Å²) in [5.41, 5.74) is 2.00. The molecule has 27 heavy (non-hydrogen) atoms. The zero-order chi connectivity index (χ0) is 18.8. The van der Waals surface area contributed by atoms with Crippen molar-refractivity contribution >= 4 is 22.2 Å². The molecule has 3 heterocycles. The highest BCUT2D eigenvalue weighted by Crippen LogP contribution is 2.25. The van der Waals surface area contributed by atoms with Gasteiger partial charge < -0.3 is 10.1 Å². The van der Waals surface area contributed by atoms with E-state index in [0.29, 0.717) is 12.2 Å². The Kier molecular flexibility index (Phi) is 4.55. The van der Waals surface area contributed by atoms with Crippen molar-refractivity contribution in [1.29, 1.82) is 0 Å². The number of aryl methyl sites for hydroxylation is 1. The van der Waals surface area contributed by atoms with E-state index in [4.69, 9.17) is 4.74 Å². The number of hydrogen-bond donors (Lipinski definition) is 1. The van der Waals surface area contributed by atoms with Crippen LogP contribution in [0.2, 0.25) is 0 Å². The Morgan fingerprint density at radius 2 is 2.07 bits per heavy atom. The van der Waals surface area contributed by atoms with Gasteiger partial charge in [-0.25, -0.2) is 0 Å². The van der Waals surface area contributed by atoms with Gasteiger partial charge in [0.1, 0.15) is 5.75 Å². The number of nitrogens with zero attached hydrogens (tertiary/aromatic N) is 6. The highest BCUT2D eigenvalue weighted by atomic mass is 32.1. The van der Waals surface area contributed by atoms with E-state index in [1.807, 2.05) is 37.5 Å². The van der Waals surface area contributed by atoms with Crippen molar-refractivity contribution in [2.24, 2.45) is 7.05 Å². The summed E-state index contributed by atoms with van der Waals surface area (Å²) in [6.45, 7) is -0.00338. The van der Waals surface area contributed by atoms with Crippen LogP contribution in [-0.2, 0) is 18.3 Å². The van der Waals surface area contributed by atoms with Crippen LogP contribution in [0.5, 0.6) is 5.75 Å². The van der Waals surface area contributed by atoms with Crippen LogP contribution in [0, 0.1) is 0 Å². The largest absolute Gasteiger partial charge is 0.484 e. The first-order chi connectivity index (χ1) is 13.1. The minimum atomic E-state index is -0.169. The Labute approximate surface area is 158 Å². The minimum absolute atomic E-state index is 0.00338. The third kappa shape index (κ3) is 3.65. The van der Waals surface area contributed by atoms with Crippen LogP contribution in [0.3, 0.4) is 0 Å². The Hall–Kier alpha value is -3.27. The standard InChI is InChI=1S/C17H17N7O2S/c1-18-15(25)10-26-13-5-3-11(4-6-13)7-14-20-21-17-24(14)22-16(27-17)12-8-19-23(2)9-12/h3-6,8-9H,7,10H2,1-2H3,(H,18,25). The Balaban J connectivity index is 1.50.